The summed E-state index contributed by atoms with van der Waals surface area (Å²) < 4.78 is 31.8. The average molecular weight is 387 g/mol. The van der Waals surface area contributed by atoms with Gasteiger partial charge in [0.1, 0.15) is 18.0 Å². The van der Waals surface area contributed by atoms with Gasteiger partial charge in [0.25, 0.3) is 10.0 Å². The number of benzene rings is 3. The number of methoxy groups -OCH3 is 1. The van der Waals surface area contributed by atoms with E-state index in [-0.39, 0.29) is 16.3 Å². The summed E-state index contributed by atoms with van der Waals surface area (Å²) in [5.41, 5.74) is -0.105. The monoisotopic (exact) mass is 387 g/mol. The molecule has 3 rings (SSSR count). The predicted octanol–water partition coefficient (Wildman–Crippen LogP) is 2.83. The Kier molecular flexibility index (Phi) is 4.91. The molecule has 0 unspecified atom stereocenters. The molecule has 8 heteroatoms. The van der Waals surface area contributed by atoms with E-state index in [1.807, 2.05) is 0 Å². The van der Waals surface area contributed by atoms with Gasteiger partial charge in [-0.1, -0.05) is 30.3 Å². The van der Waals surface area contributed by atoms with E-state index in [1.165, 1.54) is 37.4 Å². The first-order valence-corrected chi connectivity index (χ1v) is 9.38. The van der Waals surface area contributed by atoms with E-state index in [0.29, 0.717) is 20.8 Å². The highest BCUT2D eigenvalue weighted by molar-refractivity contribution is 7.92. The first kappa shape index (κ1) is 18.5. The summed E-state index contributed by atoms with van der Waals surface area (Å²) in [4.78, 5) is 11.2. The summed E-state index contributed by atoms with van der Waals surface area (Å²) in [6.45, 7) is -0.833. The van der Waals surface area contributed by atoms with Crippen molar-refractivity contribution in [3.8, 4) is 11.5 Å². The lowest BCUT2D eigenvalue weighted by Gasteiger charge is -2.24. The summed E-state index contributed by atoms with van der Waals surface area (Å²) >= 11 is 0. The van der Waals surface area contributed by atoms with Gasteiger partial charge < -0.3 is 14.9 Å². The number of carboxylic acid groups (broad SMARTS) is 1. The van der Waals surface area contributed by atoms with Crippen molar-refractivity contribution >= 4 is 32.5 Å². The average Bonchev–Trinajstić information content (AvgIpc) is 2.67. The van der Waals surface area contributed by atoms with E-state index in [2.05, 4.69) is 0 Å². The number of rotatable bonds is 6. The second-order valence-electron chi connectivity index (χ2n) is 5.74. The third-order valence-corrected chi connectivity index (χ3v) is 5.85. The molecule has 0 atom stereocenters. The third kappa shape index (κ3) is 3.52. The van der Waals surface area contributed by atoms with Crippen molar-refractivity contribution in [3.05, 3.63) is 60.7 Å². The number of anilines is 1. The van der Waals surface area contributed by atoms with Gasteiger partial charge in [-0.3, -0.25) is 9.10 Å². The number of phenols is 1. The molecule has 2 N–H and O–H groups in total. The van der Waals surface area contributed by atoms with Crippen molar-refractivity contribution in [3.63, 3.8) is 0 Å². The molecular formula is C19H17NO6S. The van der Waals surface area contributed by atoms with Gasteiger partial charge in [-0.25, -0.2) is 8.42 Å². The Balaban J connectivity index is 2.16. The molecule has 0 heterocycles. The number of nitrogens with zero attached hydrogens (tertiary/aromatic N) is 1. The Morgan fingerprint density at radius 2 is 1.70 bits per heavy atom. The minimum Gasteiger partial charge on any atom is -0.505 e. The molecule has 0 aromatic heterocycles. The molecule has 0 amide bonds. The van der Waals surface area contributed by atoms with E-state index in [1.54, 1.807) is 30.3 Å². The van der Waals surface area contributed by atoms with E-state index in [9.17, 15) is 23.4 Å². The van der Waals surface area contributed by atoms with Crippen LogP contribution in [0.4, 0.5) is 5.69 Å². The Hall–Kier alpha value is -3.26. The first-order chi connectivity index (χ1) is 12.8. The Labute approximate surface area is 156 Å². The zero-order chi connectivity index (χ0) is 19.6. The highest BCUT2D eigenvalue weighted by atomic mass is 32.2. The fraction of sp³-hybridized carbons (Fsp3) is 0.105. The van der Waals surface area contributed by atoms with Crippen LogP contribution in [0.5, 0.6) is 11.5 Å². The zero-order valence-corrected chi connectivity index (χ0v) is 15.2. The molecule has 7 nitrogen and oxygen atoms in total. The first-order valence-electron chi connectivity index (χ1n) is 7.94. The Bertz CT molecular complexity index is 1090. The standard InChI is InChI=1S/C19H17NO6S/c1-26-14-7-9-15(10-8-14)27(24,25)20(12-18(21)22)17-11-6-13-4-2-3-5-16(13)19(17)23/h2-11,23H,12H2,1H3,(H,21,22). The maximum Gasteiger partial charge on any atom is 0.324 e. The predicted molar refractivity (Wildman–Crippen MR) is 101 cm³/mol. The molecule has 3 aromatic carbocycles. The zero-order valence-electron chi connectivity index (χ0n) is 14.4. The van der Waals surface area contributed by atoms with Crippen molar-refractivity contribution in [2.75, 3.05) is 18.0 Å². The number of hydrogen-bond acceptors (Lipinski definition) is 5. The maximum absolute atomic E-state index is 13.1. The molecule has 0 aliphatic rings. The number of hydrogen-bond donors (Lipinski definition) is 2. The van der Waals surface area contributed by atoms with E-state index in [0.717, 1.165) is 0 Å². The largest absolute Gasteiger partial charge is 0.505 e. The van der Waals surface area contributed by atoms with E-state index >= 15 is 0 Å². The molecule has 140 valence electrons. The Morgan fingerprint density at radius 3 is 2.33 bits per heavy atom. The van der Waals surface area contributed by atoms with Crippen LogP contribution >= 0.6 is 0 Å². The highest BCUT2D eigenvalue weighted by Gasteiger charge is 2.29. The molecule has 0 aliphatic heterocycles. The minimum absolute atomic E-state index is 0.105. The topological polar surface area (TPSA) is 104 Å². The molecule has 3 aromatic rings. The van der Waals surface area contributed by atoms with Crippen molar-refractivity contribution in [2.45, 2.75) is 4.90 Å². The molecule has 0 bridgehead atoms. The Morgan fingerprint density at radius 1 is 1.04 bits per heavy atom. The molecule has 0 radical (unpaired) electrons. The number of ether oxygens (including phenoxy) is 1. The molecule has 0 saturated carbocycles. The summed E-state index contributed by atoms with van der Waals surface area (Å²) in [7, 11) is -2.78. The van der Waals surface area contributed by atoms with Crippen molar-refractivity contribution in [2.24, 2.45) is 0 Å². The van der Waals surface area contributed by atoms with Gasteiger partial charge in [0, 0.05) is 5.39 Å². The fourth-order valence-corrected chi connectivity index (χ4v) is 4.16. The third-order valence-electron chi connectivity index (χ3n) is 4.07. The number of sulfonamides is 1. The van der Waals surface area contributed by atoms with Crippen molar-refractivity contribution < 1.29 is 28.2 Å². The van der Waals surface area contributed by atoms with Crippen LogP contribution in [-0.4, -0.2) is 38.3 Å². The smallest absolute Gasteiger partial charge is 0.324 e. The van der Waals surface area contributed by atoms with E-state index in [4.69, 9.17) is 4.74 Å². The number of aromatic hydroxyl groups is 1. The number of carbonyl (C=O) groups is 1. The van der Waals surface area contributed by atoms with Crippen LogP contribution in [0.2, 0.25) is 0 Å². The van der Waals surface area contributed by atoms with E-state index < -0.39 is 22.5 Å². The number of carboxylic acids is 1. The van der Waals surface area contributed by atoms with Crippen LogP contribution in [0.15, 0.2) is 65.6 Å². The molecule has 0 saturated heterocycles. The fourth-order valence-electron chi connectivity index (χ4n) is 2.74. The van der Waals surface area contributed by atoms with Gasteiger partial charge in [-0.05, 0) is 35.7 Å². The summed E-state index contributed by atoms with van der Waals surface area (Å²) in [6, 6.07) is 15.5. The number of phenolic OH excluding ortho intramolecular Hbond substituents is 1. The molecule has 0 aliphatic carbocycles. The summed E-state index contributed by atoms with van der Waals surface area (Å²) in [6.07, 6.45) is 0. The normalized spacial score (nSPS) is 11.3. The van der Waals surface area contributed by atoms with Crippen LogP contribution < -0.4 is 9.04 Å². The SMILES string of the molecule is COc1ccc(S(=O)(=O)N(CC(=O)O)c2ccc3ccccc3c2O)cc1. The van der Waals surface area contributed by atoms with Gasteiger partial charge >= 0.3 is 5.97 Å². The molecular weight excluding hydrogens is 370 g/mol. The van der Waals surface area contributed by atoms with Crippen LogP contribution in [0.25, 0.3) is 10.8 Å². The quantitative estimate of drug-likeness (QED) is 0.674. The second kappa shape index (κ2) is 7.16. The van der Waals surface area contributed by atoms with Gasteiger partial charge in [-0.2, -0.15) is 0 Å². The van der Waals surface area contributed by atoms with Crippen LogP contribution in [0.1, 0.15) is 0 Å². The second-order valence-corrected chi connectivity index (χ2v) is 7.60. The lowest BCUT2D eigenvalue weighted by Crippen LogP contribution is -2.35. The summed E-state index contributed by atoms with van der Waals surface area (Å²) in [5.74, 6) is -1.18. The number of aliphatic carboxylic acids is 1. The highest BCUT2D eigenvalue weighted by Crippen LogP contribution is 2.37. The minimum atomic E-state index is -4.23. The van der Waals surface area contributed by atoms with Crippen molar-refractivity contribution in [1.82, 2.24) is 0 Å². The molecule has 0 fully saturated rings. The number of fused-ring (bicyclic) bond motifs is 1. The lowest BCUT2D eigenvalue weighted by molar-refractivity contribution is -0.135. The van der Waals surface area contributed by atoms with Gasteiger partial charge in [0.2, 0.25) is 0 Å². The summed E-state index contributed by atoms with van der Waals surface area (Å²) in [5, 5.41) is 21.0. The van der Waals surface area contributed by atoms with Crippen LogP contribution in [0.3, 0.4) is 0 Å². The maximum atomic E-state index is 13.1. The van der Waals surface area contributed by atoms with Gasteiger partial charge in [0.15, 0.2) is 0 Å². The van der Waals surface area contributed by atoms with Gasteiger partial charge in [0.05, 0.1) is 17.7 Å². The van der Waals surface area contributed by atoms with Crippen molar-refractivity contribution in [1.29, 1.82) is 0 Å². The van der Waals surface area contributed by atoms with Crippen LogP contribution in [0, 0.1) is 0 Å². The van der Waals surface area contributed by atoms with Gasteiger partial charge in [-0.15, -0.1) is 0 Å². The van der Waals surface area contributed by atoms with Crippen LogP contribution in [-0.2, 0) is 14.8 Å². The molecule has 0 spiro atoms. The lowest BCUT2D eigenvalue weighted by atomic mass is 10.1. The molecule has 27 heavy (non-hydrogen) atoms.